The van der Waals surface area contributed by atoms with Crippen LogP contribution in [0.15, 0.2) is 24.3 Å². The first-order chi connectivity index (χ1) is 8.22. The Bertz CT molecular complexity index is 403. The van der Waals surface area contributed by atoms with E-state index < -0.39 is 0 Å². The maximum absolute atomic E-state index is 12.3. The summed E-state index contributed by atoms with van der Waals surface area (Å²) in [5, 5.41) is 9.50. The predicted molar refractivity (Wildman–Crippen MR) is 67.0 cm³/mol. The Kier molecular flexibility index (Phi) is 3.67. The van der Waals surface area contributed by atoms with Crippen molar-refractivity contribution in [2.45, 2.75) is 32.1 Å². The summed E-state index contributed by atoms with van der Waals surface area (Å²) in [6.45, 7) is 3.65. The van der Waals surface area contributed by atoms with Gasteiger partial charge in [-0.15, -0.1) is 0 Å². The summed E-state index contributed by atoms with van der Waals surface area (Å²) in [6.07, 6.45) is 3.04. The van der Waals surface area contributed by atoms with Gasteiger partial charge in [-0.3, -0.25) is 4.79 Å². The van der Waals surface area contributed by atoms with Gasteiger partial charge in [-0.25, -0.2) is 0 Å². The summed E-state index contributed by atoms with van der Waals surface area (Å²) in [4.78, 5) is 14.3. The highest BCUT2D eigenvalue weighted by Crippen LogP contribution is 2.29. The minimum Gasteiger partial charge on any atom is -0.508 e. The molecule has 1 N–H and O–H groups in total. The lowest BCUT2D eigenvalue weighted by Crippen LogP contribution is -2.33. The highest BCUT2D eigenvalue weighted by atomic mass is 16.3. The second-order valence-corrected chi connectivity index (χ2v) is 4.56. The van der Waals surface area contributed by atoms with Crippen LogP contribution in [0.2, 0.25) is 0 Å². The average molecular weight is 233 g/mol. The first kappa shape index (κ1) is 12.0. The first-order valence-electron chi connectivity index (χ1n) is 6.30. The fourth-order valence-electron chi connectivity index (χ4n) is 2.47. The van der Waals surface area contributed by atoms with Gasteiger partial charge in [0.1, 0.15) is 5.75 Å². The molecule has 1 aromatic rings. The summed E-state index contributed by atoms with van der Waals surface area (Å²) >= 11 is 0. The second-order valence-electron chi connectivity index (χ2n) is 4.56. The molecule has 2 rings (SSSR count). The highest BCUT2D eigenvalue weighted by molar-refractivity contribution is 5.84. The van der Waals surface area contributed by atoms with Gasteiger partial charge >= 0.3 is 0 Å². The Morgan fingerprint density at radius 2 is 2.24 bits per heavy atom. The number of carbonyl (C=O) groups excluding carboxylic acids is 1. The molecule has 3 nitrogen and oxygen atoms in total. The topological polar surface area (TPSA) is 40.5 Å². The molecule has 3 heteroatoms. The van der Waals surface area contributed by atoms with E-state index in [4.69, 9.17) is 0 Å². The molecule has 0 radical (unpaired) electrons. The number of nitrogens with zero attached hydrogens (tertiary/aromatic N) is 1. The standard InChI is InChI=1S/C14H19NO2/c1-2-15-9-4-3-8-13(14(15)17)11-6-5-7-12(16)10-11/h5-7,10,13,16H,2-4,8-9H2,1H3. The van der Waals surface area contributed by atoms with Crippen molar-refractivity contribution in [2.75, 3.05) is 13.1 Å². The first-order valence-corrected chi connectivity index (χ1v) is 6.30. The van der Waals surface area contributed by atoms with Crippen LogP contribution in [-0.4, -0.2) is 29.0 Å². The molecule has 1 heterocycles. The Morgan fingerprint density at radius 3 is 2.94 bits per heavy atom. The predicted octanol–water partition coefficient (Wildman–Crippen LogP) is 2.51. The number of aromatic hydroxyl groups is 1. The molecule has 92 valence electrons. The van der Waals surface area contributed by atoms with Gasteiger partial charge in [-0.2, -0.15) is 0 Å². The molecule has 1 amide bonds. The van der Waals surface area contributed by atoms with Gasteiger partial charge in [0.15, 0.2) is 0 Å². The zero-order chi connectivity index (χ0) is 12.3. The number of rotatable bonds is 2. The molecule has 17 heavy (non-hydrogen) atoms. The highest BCUT2D eigenvalue weighted by Gasteiger charge is 2.27. The van der Waals surface area contributed by atoms with Crippen molar-refractivity contribution in [3.05, 3.63) is 29.8 Å². The molecule has 0 saturated carbocycles. The Labute approximate surface area is 102 Å². The summed E-state index contributed by atoms with van der Waals surface area (Å²) in [5.74, 6) is 0.364. The quantitative estimate of drug-likeness (QED) is 0.852. The number of likely N-dealkylation sites (tertiary alicyclic amines) is 1. The van der Waals surface area contributed by atoms with Crippen molar-refractivity contribution in [1.29, 1.82) is 0 Å². The monoisotopic (exact) mass is 233 g/mol. The lowest BCUT2D eigenvalue weighted by atomic mass is 9.93. The molecule has 0 spiro atoms. The molecule has 1 aromatic carbocycles. The fourth-order valence-corrected chi connectivity index (χ4v) is 2.47. The lowest BCUT2D eigenvalue weighted by molar-refractivity contribution is -0.132. The second kappa shape index (κ2) is 5.21. The van der Waals surface area contributed by atoms with Crippen LogP contribution in [0.5, 0.6) is 5.75 Å². The molecule has 0 bridgehead atoms. The van der Waals surface area contributed by atoms with E-state index in [-0.39, 0.29) is 17.6 Å². The van der Waals surface area contributed by atoms with Crippen molar-refractivity contribution in [3.63, 3.8) is 0 Å². The van der Waals surface area contributed by atoms with Crippen LogP contribution in [0.3, 0.4) is 0 Å². The molecule has 1 saturated heterocycles. The van der Waals surface area contributed by atoms with Crippen LogP contribution >= 0.6 is 0 Å². The number of benzene rings is 1. The van der Waals surface area contributed by atoms with E-state index in [0.717, 1.165) is 37.9 Å². The Hall–Kier alpha value is -1.51. The minimum absolute atomic E-state index is 0.0791. The molecule has 1 aliphatic rings. The smallest absolute Gasteiger partial charge is 0.230 e. The van der Waals surface area contributed by atoms with Crippen molar-refractivity contribution < 1.29 is 9.90 Å². The lowest BCUT2D eigenvalue weighted by Gasteiger charge is -2.23. The summed E-state index contributed by atoms with van der Waals surface area (Å²) in [6, 6.07) is 7.09. The van der Waals surface area contributed by atoms with Gasteiger partial charge in [0.05, 0.1) is 5.92 Å². The average Bonchev–Trinajstić information content (AvgIpc) is 2.51. The third kappa shape index (κ3) is 2.60. The maximum Gasteiger partial charge on any atom is 0.230 e. The van der Waals surface area contributed by atoms with Crippen LogP contribution in [-0.2, 0) is 4.79 Å². The summed E-state index contributed by atoms with van der Waals surface area (Å²) in [7, 11) is 0. The molecular weight excluding hydrogens is 214 g/mol. The summed E-state index contributed by atoms with van der Waals surface area (Å²) < 4.78 is 0. The zero-order valence-corrected chi connectivity index (χ0v) is 10.2. The largest absolute Gasteiger partial charge is 0.508 e. The van der Waals surface area contributed by atoms with Gasteiger partial charge in [-0.05, 0) is 37.5 Å². The SMILES string of the molecule is CCN1CCCCC(c2cccc(O)c2)C1=O. The van der Waals surface area contributed by atoms with Crippen LogP contribution in [0.4, 0.5) is 0 Å². The molecule has 0 aromatic heterocycles. The third-order valence-electron chi connectivity index (χ3n) is 3.43. The van der Waals surface area contributed by atoms with Crippen LogP contribution < -0.4 is 0 Å². The van der Waals surface area contributed by atoms with E-state index in [0.29, 0.717) is 0 Å². The maximum atomic E-state index is 12.3. The van der Waals surface area contributed by atoms with E-state index in [1.165, 1.54) is 0 Å². The van der Waals surface area contributed by atoms with Gasteiger partial charge in [-0.1, -0.05) is 18.6 Å². The number of hydrogen-bond donors (Lipinski definition) is 1. The van der Waals surface area contributed by atoms with Crippen molar-refractivity contribution >= 4 is 5.91 Å². The normalized spacial score (nSPS) is 21.4. The van der Waals surface area contributed by atoms with E-state index >= 15 is 0 Å². The molecule has 1 fully saturated rings. The molecule has 1 unspecified atom stereocenters. The van der Waals surface area contributed by atoms with E-state index in [9.17, 15) is 9.90 Å². The number of likely N-dealkylation sites (N-methyl/N-ethyl adjacent to an activating group) is 1. The van der Waals surface area contributed by atoms with Gasteiger partial charge in [0, 0.05) is 13.1 Å². The minimum atomic E-state index is -0.0791. The number of phenolic OH excluding ortho intramolecular Hbond substituents is 1. The molecule has 1 aliphatic heterocycles. The number of carbonyl (C=O) groups is 1. The van der Waals surface area contributed by atoms with Gasteiger partial charge in [0.2, 0.25) is 5.91 Å². The third-order valence-corrected chi connectivity index (χ3v) is 3.43. The fraction of sp³-hybridized carbons (Fsp3) is 0.500. The van der Waals surface area contributed by atoms with Crippen LogP contribution in [0.1, 0.15) is 37.7 Å². The molecule has 1 atom stereocenters. The van der Waals surface area contributed by atoms with Gasteiger partial charge < -0.3 is 10.0 Å². The number of hydrogen-bond acceptors (Lipinski definition) is 2. The van der Waals surface area contributed by atoms with Crippen LogP contribution in [0.25, 0.3) is 0 Å². The number of phenols is 1. The summed E-state index contributed by atoms with van der Waals surface area (Å²) in [5.41, 5.74) is 0.940. The van der Waals surface area contributed by atoms with Crippen LogP contribution in [0, 0.1) is 0 Å². The number of amides is 1. The van der Waals surface area contributed by atoms with Crippen molar-refractivity contribution in [1.82, 2.24) is 4.90 Å². The Balaban J connectivity index is 2.26. The molecular formula is C14H19NO2. The van der Waals surface area contributed by atoms with Crippen molar-refractivity contribution in [2.24, 2.45) is 0 Å². The van der Waals surface area contributed by atoms with Gasteiger partial charge in [0.25, 0.3) is 0 Å². The molecule has 0 aliphatic carbocycles. The van der Waals surface area contributed by atoms with E-state index in [2.05, 4.69) is 0 Å². The Morgan fingerprint density at radius 1 is 1.41 bits per heavy atom. The van der Waals surface area contributed by atoms with E-state index in [1.54, 1.807) is 18.2 Å². The van der Waals surface area contributed by atoms with Crippen molar-refractivity contribution in [3.8, 4) is 5.75 Å². The zero-order valence-electron chi connectivity index (χ0n) is 10.2. The van der Waals surface area contributed by atoms with E-state index in [1.807, 2.05) is 17.9 Å².